The molecule has 1 amide bonds. The van der Waals surface area contributed by atoms with Crippen LogP contribution in [0.5, 0.6) is 0 Å². The Balaban J connectivity index is 2.39. The van der Waals surface area contributed by atoms with Crippen molar-refractivity contribution in [2.75, 3.05) is 5.32 Å². The number of halogens is 2. The number of carboxylic acid groups (broad SMARTS) is 1. The first-order valence-electron chi connectivity index (χ1n) is 5.16. The number of rotatable bonds is 3. The highest BCUT2D eigenvalue weighted by Crippen LogP contribution is 2.31. The molecule has 1 heterocycles. The lowest BCUT2D eigenvalue weighted by Gasteiger charge is -2.10. The number of amides is 1. The molecule has 2 rings (SSSR count). The summed E-state index contributed by atoms with van der Waals surface area (Å²) >= 11 is 6.45. The summed E-state index contributed by atoms with van der Waals surface area (Å²) in [7, 11) is 0. The van der Waals surface area contributed by atoms with Gasteiger partial charge in [0.05, 0.1) is 11.3 Å². The Morgan fingerprint density at radius 1 is 1.26 bits per heavy atom. The molecule has 5 nitrogen and oxygen atoms in total. The minimum absolute atomic E-state index is 0.00107. The van der Waals surface area contributed by atoms with E-state index in [1.54, 1.807) is 24.4 Å². The summed E-state index contributed by atoms with van der Waals surface area (Å²) in [5.41, 5.74) is 0.572. The molecule has 98 valence electrons. The number of carbonyl (C=O) groups excluding carboxylic acids is 1. The summed E-state index contributed by atoms with van der Waals surface area (Å²) < 4.78 is 1.09. The van der Waals surface area contributed by atoms with Gasteiger partial charge in [0.15, 0.2) is 0 Å². The minimum Gasteiger partial charge on any atom is -0.478 e. The normalized spacial score (nSPS) is 10.2. The van der Waals surface area contributed by atoms with Gasteiger partial charge in [-0.25, -0.2) is 4.79 Å². The molecule has 0 atom stereocenters. The van der Waals surface area contributed by atoms with Crippen molar-refractivity contribution >= 4 is 49.4 Å². The van der Waals surface area contributed by atoms with E-state index >= 15 is 0 Å². The van der Waals surface area contributed by atoms with Crippen LogP contribution in [0.25, 0.3) is 0 Å². The first-order chi connectivity index (χ1) is 8.99. The van der Waals surface area contributed by atoms with E-state index in [4.69, 9.17) is 5.11 Å². The zero-order valence-corrected chi connectivity index (χ0v) is 12.6. The van der Waals surface area contributed by atoms with E-state index in [1.165, 1.54) is 6.07 Å². The number of hydrogen-bond donors (Lipinski definition) is 3. The second-order valence-corrected chi connectivity index (χ2v) is 5.42. The zero-order chi connectivity index (χ0) is 14.0. The zero-order valence-electron chi connectivity index (χ0n) is 9.41. The van der Waals surface area contributed by atoms with Gasteiger partial charge >= 0.3 is 5.97 Å². The number of aromatic amines is 1. The standard InChI is InChI=1S/C12H8Br2N2O3/c13-6-4-7(12(18)19)10(8(14)5-6)16-11(17)9-2-1-3-15-9/h1-5,15H,(H,16,17)(H,18,19). The van der Waals surface area contributed by atoms with Crippen LogP contribution in [-0.4, -0.2) is 22.0 Å². The molecule has 0 spiro atoms. The first kappa shape index (κ1) is 13.8. The van der Waals surface area contributed by atoms with Crippen molar-refractivity contribution in [2.45, 2.75) is 0 Å². The van der Waals surface area contributed by atoms with Crippen LogP contribution >= 0.6 is 31.9 Å². The van der Waals surface area contributed by atoms with Crippen molar-refractivity contribution in [1.29, 1.82) is 0 Å². The third kappa shape index (κ3) is 3.05. The quantitative estimate of drug-likeness (QED) is 0.753. The highest BCUT2D eigenvalue weighted by Gasteiger charge is 2.17. The number of hydrogen-bond acceptors (Lipinski definition) is 2. The number of aromatic carboxylic acids is 1. The van der Waals surface area contributed by atoms with E-state index in [2.05, 4.69) is 42.2 Å². The number of carboxylic acids is 1. The molecule has 2 aromatic rings. The van der Waals surface area contributed by atoms with E-state index in [9.17, 15) is 9.59 Å². The fraction of sp³-hybridized carbons (Fsp3) is 0. The van der Waals surface area contributed by atoms with Crippen LogP contribution in [0, 0.1) is 0 Å². The number of benzene rings is 1. The van der Waals surface area contributed by atoms with Crippen molar-refractivity contribution in [2.24, 2.45) is 0 Å². The Labute approximate surface area is 125 Å². The van der Waals surface area contributed by atoms with Gasteiger partial charge in [-0.15, -0.1) is 0 Å². The molecule has 0 fully saturated rings. The van der Waals surface area contributed by atoms with Gasteiger partial charge in [-0.3, -0.25) is 4.79 Å². The molecular formula is C12H8Br2N2O3. The number of carbonyl (C=O) groups is 2. The third-order valence-corrected chi connectivity index (χ3v) is 3.45. The van der Waals surface area contributed by atoms with Crippen molar-refractivity contribution in [3.8, 4) is 0 Å². The lowest BCUT2D eigenvalue weighted by Crippen LogP contribution is -2.15. The van der Waals surface area contributed by atoms with Gasteiger partial charge < -0.3 is 15.4 Å². The van der Waals surface area contributed by atoms with Crippen molar-refractivity contribution in [3.05, 3.63) is 50.7 Å². The maximum Gasteiger partial charge on any atom is 0.337 e. The maximum absolute atomic E-state index is 11.9. The molecule has 0 aliphatic carbocycles. The highest BCUT2D eigenvalue weighted by molar-refractivity contribution is 9.11. The Morgan fingerprint density at radius 2 is 2.00 bits per heavy atom. The average Bonchev–Trinajstić information content (AvgIpc) is 2.85. The average molecular weight is 388 g/mol. The molecule has 0 aliphatic heterocycles. The minimum atomic E-state index is -1.12. The summed E-state index contributed by atoms with van der Waals surface area (Å²) in [6.45, 7) is 0. The van der Waals surface area contributed by atoms with Crippen molar-refractivity contribution in [1.82, 2.24) is 4.98 Å². The van der Waals surface area contributed by atoms with Gasteiger partial charge in [0, 0.05) is 15.1 Å². The van der Waals surface area contributed by atoms with E-state index in [1.807, 2.05) is 0 Å². The summed E-state index contributed by atoms with van der Waals surface area (Å²) in [6.07, 6.45) is 1.61. The topological polar surface area (TPSA) is 82.2 Å². The fourth-order valence-corrected chi connectivity index (χ4v) is 2.85. The number of nitrogens with one attached hydrogen (secondary N) is 2. The van der Waals surface area contributed by atoms with Gasteiger partial charge in [0.25, 0.3) is 5.91 Å². The summed E-state index contributed by atoms with van der Waals surface area (Å²) in [5, 5.41) is 11.7. The SMILES string of the molecule is O=C(Nc1c(Br)cc(Br)cc1C(=O)O)c1ccc[nH]1. The van der Waals surface area contributed by atoms with Crippen LogP contribution in [0.4, 0.5) is 5.69 Å². The lowest BCUT2D eigenvalue weighted by atomic mass is 10.1. The van der Waals surface area contributed by atoms with Crippen LogP contribution in [0.3, 0.4) is 0 Å². The highest BCUT2D eigenvalue weighted by atomic mass is 79.9. The predicted octanol–water partition coefficient (Wildman–Crippen LogP) is 3.49. The van der Waals surface area contributed by atoms with Crippen molar-refractivity contribution < 1.29 is 14.7 Å². The molecule has 3 N–H and O–H groups in total. The van der Waals surface area contributed by atoms with Crippen LogP contribution in [0.15, 0.2) is 39.4 Å². The van der Waals surface area contributed by atoms with Gasteiger partial charge in [0.2, 0.25) is 0 Å². The molecule has 19 heavy (non-hydrogen) atoms. The molecular weight excluding hydrogens is 380 g/mol. The molecule has 0 unspecified atom stereocenters. The van der Waals surface area contributed by atoms with Crippen LogP contribution < -0.4 is 5.32 Å². The third-order valence-electron chi connectivity index (χ3n) is 2.37. The Hall–Kier alpha value is -1.60. The van der Waals surface area contributed by atoms with E-state index < -0.39 is 11.9 Å². The monoisotopic (exact) mass is 386 g/mol. The summed E-state index contributed by atoms with van der Waals surface area (Å²) in [5.74, 6) is -1.53. The molecule has 0 radical (unpaired) electrons. The molecule has 0 saturated heterocycles. The van der Waals surface area contributed by atoms with Crippen LogP contribution in [-0.2, 0) is 0 Å². The smallest absolute Gasteiger partial charge is 0.337 e. The molecule has 1 aromatic heterocycles. The molecule has 0 saturated carbocycles. The molecule has 0 bridgehead atoms. The second kappa shape index (κ2) is 5.58. The Kier molecular flexibility index (Phi) is 4.06. The largest absolute Gasteiger partial charge is 0.478 e. The van der Waals surface area contributed by atoms with E-state index in [0.717, 1.165) is 0 Å². The van der Waals surface area contributed by atoms with Crippen molar-refractivity contribution in [3.63, 3.8) is 0 Å². The lowest BCUT2D eigenvalue weighted by molar-refractivity contribution is 0.0698. The summed E-state index contributed by atoms with van der Waals surface area (Å²) in [6, 6.07) is 6.38. The first-order valence-corrected chi connectivity index (χ1v) is 6.74. The fourth-order valence-electron chi connectivity index (χ4n) is 1.52. The van der Waals surface area contributed by atoms with Crippen LogP contribution in [0.2, 0.25) is 0 Å². The van der Waals surface area contributed by atoms with E-state index in [0.29, 0.717) is 14.6 Å². The number of aromatic nitrogens is 1. The summed E-state index contributed by atoms with van der Waals surface area (Å²) in [4.78, 5) is 25.9. The predicted molar refractivity (Wildman–Crippen MR) is 77.5 cm³/mol. The van der Waals surface area contributed by atoms with Gasteiger partial charge in [0.1, 0.15) is 5.69 Å². The number of H-pyrrole nitrogens is 1. The maximum atomic E-state index is 11.9. The molecule has 0 aliphatic rings. The second-order valence-electron chi connectivity index (χ2n) is 3.65. The van der Waals surface area contributed by atoms with Crippen LogP contribution in [0.1, 0.15) is 20.8 Å². The molecule has 7 heteroatoms. The van der Waals surface area contributed by atoms with Gasteiger partial charge in [-0.1, -0.05) is 15.9 Å². The Bertz CT molecular complexity index is 639. The molecule has 1 aromatic carbocycles. The van der Waals surface area contributed by atoms with E-state index in [-0.39, 0.29) is 11.3 Å². The van der Waals surface area contributed by atoms with Gasteiger partial charge in [-0.2, -0.15) is 0 Å². The van der Waals surface area contributed by atoms with Gasteiger partial charge in [-0.05, 0) is 40.2 Å². The Morgan fingerprint density at radius 3 is 2.58 bits per heavy atom. The number of anilines is 1.